The minimum absolute atomic E-state index is 0.0826. The van der Waals surface area contributed by atoms with Crippen LogP contribution in [0.25, 0.3) is 0 Å². The highest BCUT2D eigenvalue weighted by Crippen LogP contribution is 2.33. The van der Waals surface area contributed by atoms with Crippen LogP contribution in [-0.4, -0.2) is 52.7 Å². The van der Waals surface area contributed by atoms with E-state index < -0.39 is 0 Å². The van der Waals surface area contributed by atoms with E-state index in [0.29, 0.717) is 18.8 Å². The smallest absolute Gasteiger partial charge is 0.231 e. The molecule has 2 fully saturated rings. The van der Waals surface area contributed by atoms with Crippen molar-refractivity contribution in [1.82, 2.24) is 15.1 Å². The van der Waals surface area contributed by atoms with Gasteiger partial charge in [-0.3, -0.25) is 9.69 Å². The van der Waals surface area contributed by atoms with Crippen molar-refractivity contribution in [1.29, 1.82) is 0 Å². The zero-order valence-electron chi connectivity index (χ0n) is 17.9. The normalized spacial score (nSPS) is 18.9. The highest BCUT2D eigenvalue weighted by Gasteiger charge is 2.34. The van der Waals surface area contributed by atoms with Crippen LogP contribution < -0.4 is 10.2 Å². The molecule has 7 heteroatoms. The number of rotatable bonds is 4. The summed E-state index contributed by atoms with van der Waals surface area (Å²) >= 11 is 0. The third-order valence-corrected chi connectivity index (χ3v) is 6.29. The molecule has 4 rings (SSSR count). The second-order valence-electron chi connectivity index (χ2n) is 9.34. The van der Waals surface area contributed by atoms with Crippen molar-refractivity contribution in [3.63, 3.8) is 0 Å². The van der Waals surface area contributed by atoms with Gasteiger partial charge in [-0.05, 0) is 82.4 Å². The summed E-state index contributed by atoms with van der Waals surface area (Å²) in [6.07, 6.45) is 3.54. The number of amides is 1. The maximum atomic E-state index is 14.8. The summed E-state index contributed by atoms with van der Waals surface area (Å²) in [4.78, 5) is 17.0. The fourth-order valence-corrected chi connectivity index (χ4v) is 4.34. The first kappa shape index (κ1) is 20.7. The van der Waals surface area contributed by atoms with Crippen LogP contribution in [0, 0.1) is 11.7 Å². The molecule has 0 aliphatic carbocycles. The number of likely N-dealkylation sites (tertiary alicyclic amines) is 1. The lowest BCUT2D eigenvalue weighted by Crippen LogP contribution is -2.52. The fraction of sp³-hybridized carbons (Fsp3) is 0.522. The summed E-state index contributed by atoms with van der Waals surface area (Å²) in [7, 11) is 0. The van der Waals surface area contributed by atoms with E-state index in [9.17, 15) is 9.18 Å². The molecule has 6 nitrogen and oxygen atoms in total. The molecule has 1 amide bonds. The van der Waals surface area contributed by atoms with Crippen molar-refractivity contribution >= 4 is 17.4 Å². The van der Waals surface area contributed by atoms with Crippen LogP contribution in [0.4, 0.5) is 15.9 Å². The Bertz CT molecular complexity index is 884. The maximum Gasteiger partial charge on any atom is 0.231 e. The second-order valence-corrected chi connectivity index (χ2v) is 9.34. The van der Waals surface area contributed by atoms with Gasteiger partial charge in [0.15, 0.2) is 5.82 Å². The monoisotopic (exact) mass is 411 g/mol. The van der Waals surface area contributed by atoms with Gasteiger partial charge >= 0.3 is 0 Å². The van der Waals surface area contributed by atoms with E-state index in [4.69, 9.17) is 0 Å². The molecule has 1 aromatic carbocycles. The van der Waals surface area contributed by atoms with Crippen LogP contribution in [-0.2, 0) is 4.79 Å². The molecule has 160 valence electrons. The van der Waals surface area contributed by atoms with Crippen molar-refractivity contribution in [3.8, 4) is 0 Å². The molecule has 30 heavy (non-hydrogen) atoms. The predicted octanol–water partition coefficient (Wildman–Crippen LogP) is 3.67. The molecule has 0 radical (unpaired) electrons. The Labute approximate surface area is 177 Å². The van der Waals surface area contributed by atoms with Crippen LogP contribution in [0.1, 0.15) is 45.1 Å². The van der Waals surface area contributed by atoms with Gasteiger partial charge < -0.3 is 10.2 Å². The molecule has 2 saturated heterocycles. The number of hydrogen-bond acceptors (Lipinski definition) is 5. The number of anilines is 2. The number of piperidine rings is 1. The molecule has 0 atom stereocenters. The fourth-order valence-electron chi connectivity index (χ4n) is 4.34. The molecule has 2 aromatic rings. The van der Waals surface area contributed by atoms with Gasteiger partial charge in [-0.25, -0.2) is 4.39 Å². The minimum atomic E-state index is -0.225. The first-order chi connectivity index (χ1) is 14.3. The summed E-state index contributed by atoms with van der Waals surface area (Å²) in [5.41, 5.74) is 1.44. The van der Waals surface area contributed by atoms with Gasteiger partial charge in [-0.2, -0.15) is 5.10 Å². The molecule has 0 unspecified atom stereocenters. The van der Waals surface area contributed by atoms with Crippen molar-refractivity contribution in [2.75, 3.05) is 36.4 Å². The topological polar surface area (TPSA) is 61.4 Å². The highest BCUT2D eigenvalue weighted by atomic mass is 19.1. The summed E-state index contributed by atoms with van der Waals surface area (Å²) in [6.45, 7) is 9.82. The average molecular weight is 412 g/mol. The first-order valence-corrected chi connectivity index (χ1v) is 10.7. The number of carbonyl (C=O) groups excluding carboxylic acids is 1. The Balaban J connectivity index is 1.31. The largest absolute Gasteiger partial charge is 0.353 e. The number of halogens is 1. The van der Waals surface area contributed by atoms with Crippen LogP contribution in [0.15, 0.2) is 36.5 Å². The molecular formula is C23H30FN5O. The molecule has 2 aliphatic heterocycles. The van der Waals surface area contributed by atoms with Gasteiger partial charge in [0.2, 0.25) is 5.91 Å². The molecule has 0 bridgehead atoms. The van der Waals surface area contributed by atoms with Gasteiger partial charge in [-0.15, -0.1) is 5.10 Å². The predicted molar refractivity (Wildman–Crippen MR) is 116 cm³/mol. The molecule has 2 aliphatic rings. The van der Waals surface area contributed by atoms with Gasteiger partial charge in [0.05, 0.1) is 5.92 Å². The van der Waals surface area contributed by atoms with Crippen LogP contribution in [0.2, 0.25) is 0 Å². The number of benzene rings is 1. The molecule has 0 saturated carbocycles. The van der Waals surface area contributed by atoms with Crippen molar-refractivity contribution in [3.05, 3.63) is 47.9 Å². The number of hydrogen-bond donors (Lipinski definition) is 1. The quantitative estimate of drug-likeness (QED) is 0.832. The average Bonchev–Trinajstić information content (AvgIpc) is 2.67. The van der Waals surface area contributed by atoms with Crippen LogP contribution >= 0.6 is 0 Å². The van der Waals surface area contributed by atoms with Crippen molar-refractivity contribution in [2.24, 2.45) is 5.92 Å². The number of nitrogens with zero attached hydrogens (tertiary/aromatic N) is 4. The Morgan fingerprint density at radius 1 is 1.17 bits per heavy atom. The van der Waals surface area contributed by atoms with E-state index in [2.05, 4.69) is 41.2 Å². The molecule has 1 aromatic heterocycles. The van der Waals surface area contributed by atoms with E-state index >= 15 is 0 Å². The summed E-state index contributed by atoms with van der Waals surface area (Å²) < 4.78 is 14.8. The zero-order chi connectivity index (χ0) is 21.3. The zero-order valence-corrected chi connectivity index (χ0v) is 17.9. The lowest BCUT2D eigenvalue weighted by molar-refractivity contribution is -0.120. The Kier molecular flexibility index (Phi) is 5.73. The van der Waals surface area contributed by atoms with Gasteiger partial charge in [0.1, 0.15) is 5.82 Å². The van der Waals surface area contributed by atoms with E-state index in [1.54, 1.807) is 6.20 Å². The third kappa shape index (κ3) is 4.46. The van der Waals surface area contributed by atoms with E-state index in [0.717, 1.165) is 37.3 Å². The summed E-state index contributed by atoms with van der Waals surface area (Å²) in [5, 5.41) is 10.8. The number of aromatic nitrogens is 2. The summed E-state index contributed by atoms with van der Waals surface area (Å²) in [6, 6.07) is 8.83. The van der Waals surface area contributed by atoms with E-state index in [1.807, 2.05) is 29.2 Å². The van der Waals surface area contributed by atoms with Gasteiger partial charge in [-0.1, -0.05) is 6.07 Å². The van der Waals surface area contributed by atoms with Gasteiger partial charge in [0, 0.05) is 30.5 Å². The summed E-state index contributed by atoms with van der Waals surface area (Å²) in [5.74, 6) is 0.573. The van der Waals surface area contributed by atoms with Crippen molar-refractivity contribution < 1.29 is 9.18 Å². The Hall–Kier alpha value is -2.54. The minimum Gasteiger partial charge on any atom is -0.353 e. The maximum absolute atomic E-state index is 14.8. The standard InChI is InChI=1S/C23H30FN5O/c1-23(2,3)29-11-8-16(9-12-29)19-7-6-18(13-20(19)24)26-22(30)17-14-28(15-17)21-5-4-10-25-27-21/h4-7,10,13,16-17H,8-9,11-12,14-15H2,1-3H3,(H,26,30). The van der Waals surface area contributed by atoms with E-state index in [-0.39, 0.29) is 29.1 Å². The molecule has 0 spiro atoms. The Morgan fingerprint density at radius 3 is 2.50 bits per heavy atom. The highest BCUT2D eigenvalue weighted by molar-refractivity contribution is 5.94. The third-order valence-electron chi connectivity index (χ3n) is 6.29. The van der Waals surface area contributed by atoms with E-state index in [1.165, 1.54) is 6.07 Å². The number of carbonyl (C=O) groups is 1. The van der Waals surface area contributed by atoms with Crippen LogP contribution in [0.5, 0.6) is 0 Å². The molecule has 3 heterocycles. The molecular weight excluding hydrogens is 381 g/mol. The van der Waals surface area contributed by atoms with Crippen LogP contribution in [0.3, 0.4) is 0 Å². The first-order valence-electron chi connectivity index (χ1n) is 10.7. The molecule has 1 N–H and O–H groups in total. The Morgan fingerprint density at radius 2 is 1.90 bits per heavy atom. The number of nitrogens with one attached hydrogen (secondary N) is 1. The lowest BCUT2D eigenvalue weighted by atomic mass is 9.87. The second kappa shape index (κ2) is 8.30. The lowest BCUT2D eigenvalue weighted by Gasteiger charge is -2.41. The van der Waals surface area contributed by atoms with Crippen molar-refractivity contribution in [2.45, 2.75) is 45.1 Å². The SMILES string of the molecule is CC(C)(C)N1CCC(c2ccc(NC(=O)C3CN(c4cccnn4)C3)cc2F)CC1. The van der Waals surface area contributed by atoms with Gasteiger partial charge in [0.25, 0.3) is 0 Å².